The van der Waals surface area contributed by atoms with Crippen molar-refractivity contribution in [2.75, 3.05) is 45.9 Å². The highest BCUT2D eigenvalue weighted by Crippen LogP contribution is 2.39. The first-order chi connectivity index (χ1) is 14.2. The molecule has 0 aromatic heterocycles. The predicted molar refractivity (Wildman–Crippen MR) is 119 cm³/mol. The van der Waals surface area contributed by atoms with Crippen LogP contribution in [0.5, 0.6) is 0 Å². The molecule has 0 saturated carbocycles. The highest BCUT2D eigenvalue weighted by Gasteiger charge is 2.36. The molecular formula is C22H33ClN4O3. The topological polar surface area (TPSA) is 80.4 Å². The van der Waals surface area contributed by atoms with Gasteiger partial charge in [-0.1, -0.05) is 29.8 Å². The van der Waals surface area contributed by atoms with Crippen LogP contribution in [0.15, 0.2) is 29.3 Å². The molecule has 1 aromatic rings. The van der Waals surface area contributed by atoms with Crippen LogP contribution in [0.3, 0.4) is 0 Å². The number of carbonyl (C=O) groups excluding carboxylic acids is 1. The maximum Gasteiger partial charge on any atom is 0.410 e. The van der Waals surface area contributed by atoms with Gasteiger partial charge in [-0.25, -0.2) is 4.79 Å². The maximum atomic E-state index is 12.3. The highest BCUT2D eigenvalue weighted by molar-refractivity contribution is 6.31. The van der Waals surface area contributed by atoms with Crippen molar-refractivity contribution in [1.82, 2.24) is 9.80 Å². The van der Waals surface area contributed by atoms with E-state index < -0.39 is 5.60 Å². The van der Waals surface area contributed by atoms with E-state index in [-0.39, 0.29) is 11.5 Å². The fourth-order valence-electron chi connectivity index (χ4n) is 3.94. The van der Waals surface area contributed by atoms with Crippen LogP contribution in [0.2, 0.25) is 5.02 Å². The Morgan fingerprint density at radius 2 is 1.77 bits per heavy atom. The van der Waals surface area contributed by atoms with Crippen LogP contribution in [0.1, 0.15) is 39.2 Å². The molecule has 30 heavy (non-hydrogen) atoms. The van der Waals surface area contributed by atoms with Crippen LogP contribution in [-0.4, -0.2) is 73.4 Å². The molecule has 0 radical (unpaired) electrons. The molecule has 166 valence electrons. The lowest BCUT2D eigenvalue weighted by atomic mass is 9.74. The number of nitrogens with two attached hydrogens (primary N) is 1. The molecule has 7 nitrogen and oxygen atoms in total. The first-order valence-corrected chi connectivity index (χ1v) is 10.9. The van der Waals surface area contributed by atoms with Crippen molar-refractivity contribution in [2.24, 2.45) is 10.7 Å². The number of guanidine groups is 1. The van der Waals surface area contributed by atoms with Gasteiger partial charge in [0.05, 0.1) is 6.54 Å². The summed E-state index contributed by atoms with van der Waals surface area (Å²) in [5.74, 6) is 0.511. The number of nitrogens with zero attached hydrogens (tertiary/aromatic N) is 3. The third-order valence-corrected chi connectivity index (χ3v) is 6.02. The van der Waals surface area contributed by atoms with Crippen molar-refractivity contribution in [1.29, 1.82) is 0 Å². The summed E-state index contributed by atoms with van der Waals surface area (Å²) >= 11 is 6.52. The van der Waals surface area contributed by atoms with Crippen molar-refractivity contribution in [3.05, 3.63) is 34.9 Å². The molecule has 0 atom stereocenters. The summed E-state index contributed by atoms with van der Waals surface area (Å²) in [5, 5.41) is 0.763. The smallest absolute Gasteiger partial charge is 0.410 e. The summed E-state index contributed by atoms with van der Waals surface area (Å²) in [7, 11) is 0. The summed E-state index contributed by atoms with van der Waals surface area (Å²) in [6.45, 7) is 9.96. The van der Waals surface area contributed by atoms with E-state index in [2.05, 4.69) is 6.07 Å². The molecule has 1 amide bonds. The number of amides is 1. The van der Waals surface area contributed by atoms with Gasteiger partial charge in [0.25, 0.3) is 0 Å². The zero-order chi connectivity index (χ0) is 21.8. The van der Waals surface area contributed by atoms with Crippen molar-refractivity contribution < 1.29 is 14.3 Å². The van der Waals surface area contributed by atoms with Gasteiger partial charge < -0.3 is 25.0 Å². The fourth-order valence-corrected chi connectivity index (χ4v) is 4.28. The molecule has 0 unspecified atom stereocenters. The molecular weight excluding hydrogens is 404 g/mol. The Balaban J connectivity index is 1.64. The van der Waals surface area contributed by atoms with Gasteiger partial charge in [-0.2, -0.15) is 0 Å². The zero-order valence-corrected chi connectivity index (χ0v) is 19.0. The van der Waals surface area contributed by atoms with Gasteiger partial charge in [-0.15, -0.1) is 0 Å². The van der Waals surface area contributed by atoms with Crippen LogP contribution < -0.4 is 5.73 Å². The van der Waals surface area contributed by atoms with E-state index in [1.165, 1.54) is 0 Å². The normalized spacial score (nSPS) is 20.2. The molecule has 2 N–H and O–H groups in total. The molecule has 3 rings (SSSR count). The lowest BCUT2D eigenvalue weighted by molar-refractivity contribution is 0.0186. The standard InChI is InChI=1S/C22H33ClN4O3/c1-21(2,3)30-20(28)27-12-10-26(11-13-27)19(24)25-16-22(8-14-29-15-9-22)17-6-4-5-7-18(17)23/h4-7H,8-16H2,1-3H3,(H2,24,25). The Bertz CT molecular complexity index is 764. The summed E-state index contributed by atoms with van der Waals surface area (Å²) in [4.78, 5) is 20.8. The third-order valence-electron chi connectivity index (χ3n) is 5.69. The second-order valence-electron chi connectivity index (χ2n) is 9.00. The monoisotopic (exact) mass is 436 g/mol. The molecule has 2 aliphatic rings. The van der Waals surface area contributed by atoms with E-state index in [1.54, 1.807) is 4.90 Å². The van der Waals surface area contributed by atoms with E-state index in [1.807, 2.05) is 43.9 Å². The summed E-state index contributed by atoms with van der Waals surface area (Å²) < 4.78 is 11.1. The van der Waals surface area contributed by atoms with Gasteiger partial charge in [0.15, 0.2) is 5.96 Å². The molecule has 0 spiro atoms. The zero-order valence-electron chi connectivity index (χ0n) is 18.2. The van der Waals surface area contributed by atoms with Crippen LogP contribution in [0.4, 0.5) is 4.79 Å². The molecule has 2 aliphatic heterocycles. The Labute approximate surface area is 184 Å². The lowest BCUT2D eigenvalue weighted by Crippen LogP contribution is -2.53. The van der Waals surface area contributed by atoms with E-state index >= 15 is 0 Å². The lowest BCUT2D eigenvalue weighted by Gasteiger charge is -2.38. The number of piperazine rings is 1. The van der Waals surface area contributed by atoms with Crippen molar-refractivity contribution in [2.45, 2.75) is 44.6 Å². The van der Waals surface area contributed by atoms with Crippen LogP contribution in [0.25, 0.3) is 0 Å². The minimum absolute atomic E-state index is 0.167. The minimum Gasteiger partial charge on any atom is -0.444 e. The summed E-state index contributed by atoms with van der Waals surface area (Å²) in [6.07, 6.45) is 1.44. The van der Waals surface area contributed by atoms with E-state index in [9.17, 15) is 4.79 Å². The van der Waals surface area contributed by atoms with Gasteiger partial charge >= 0.3 is 6.09 Å². The summed E-state index contributed by atoms with van der Waals surface area (Å²) in [5.41, 5.74) is 6.79. The number of carbonyl (C=O) groups is 1. The number of aliphatic imine (C=N–C) groups is 1. The summed E-state index contributed by atoms with van der Waals surface area (Å²) in [6, 6.07) is 7.97. The maximum absolute atomic E-state index is 12.3. The van der Waals surface area contributed by atoms with E-state index in [0.717, 1.165) is 23.4 Å². The average molecular weight is 437 g/mol. The van der Waals surface area contributed by atoms with Gasteiger partial charge in [-0.3, -0.25) is 4.99 Å². The van der Waals surface area contributed by atoms with Crippen LogP contribution >= 0.6 is 11.6 Å². The number of ether oxygens (including phenoxy) is 2. The number of rotatable bonds is 3. The van der Waals surface area contributed by atoms with Crippen molar-refractivity contribution in [3.63, 3.8) is 0 Å². The molecule has 8 heteroatoms. The Hall–Kier alpha value is -1.99. The third kappa shape index (κ3) is 5.58. The largest absolute Gasteiger partial charge is 0.444 e. The second-order valence-corrected chi connectivity index (χ2v) is 9.41. The first-order valence-electron chi connectivity index (χ1n) is 10.6. The molecule has 2 heterocycles. The molecule has 0 bridgehead atoms. The average Bonchev–Trinajstić information content (AvgIpc) is 2.72. The van der Waals surface area contributed by atoms with E-state index in [0.29, 0.717) is 51.9 Å². The van der Waals surface area contributed by atoms with Gasteiger partial charge in [0.2, 0.25) is 0 Å². The Morgan fingerprint density at radius 3 is 2.37 bits per heavy atom. The van der Waals surface area contributed by atoms with Crippen molar-refractivity contribution >= 4 is 23.7 Å². The fraction of sp³-hybridized carbons (Fsp3) is 0.636. The highest BCUT2D eigenvalue weighted by atomic mass is 35.5. The second kappa shape index (κ2) is 9.43. The molecule has 2 fully saturated rings. The Morgan fingerprint density at radius 1 is 1.17 bits per heavy atom. The number of hydrogen-bond donors (Lipinski definition) is 1. The van der Waals surface area contributed by atoms with Crippen LogP contribution in [-0.2, 0) is 14.9 Å². The first kappa shape index (κ1) is 22.7. The molecule has 0 aliphatic carbocycles. The van der Waals surface area contributed by atoms with E-state index in [4.69, 9.17) is 31.8 Å². The number of hydrogen-bond acceptors (Lipinski definition) is 4. The molecule has 2 saturated heterocycles. The quantitative estimate of drug-likeness (QED) is 0.581. The molecule has 1 aromatic carbocycles. The van der Waals surface area contributed by atoms with Gasteiger partial charge in [-0.05, 0) is 45.2 Å². The van der Waals surface area contributed by atoms with Crippen LogP contribution in [0, 0.1) is 0 Å². The number of benzene rings is 1. The SMILES string of the molecule is CC(C)(C)OC(=O)N1CCN(C(N)=NCC2(c3ccccc3Cl)CCOCC2)CC1. The number of halogens is 1. The minimum atomic E-state index is -0.495. The van der Waals surface area contributed by atoms with Gasteiger partial charge in [0, 0.05) is 49.8 Å². The predicted octanol–water partition coefficient (Wildman–Crippen LogP) is 3.26. The Kier molecular flexibility index (Phi) is 7.14. The van der Waals surface area contributed by atoms with Gasteiger partial charge in [0.1, 0.15) is 5.60 Å². The van der Waals surface area contributed by atoms with Crippen molar-refractivity contribution in [3.8, 4) is 0 Å².